The number of benzene rings is 2. The third kappa shape index (κ3) is 6.64. The normalized spacial score (nSPS) is 10.5. The van der Waals surface area contributed by atoms with Crippen molar-refractivity contribution < 1.29 is 19.1 Å². The number of thioether (sulfide) groups is 1. The van der Waals surface area contributed by atoms with Gasteiger partial charge in [-0.1, -0.05) is 24.3 Å². The summed E-state index contributed by atoms with van der Waals surface area (Å²) in [6.07, 6.45) is 4.96. The van der Waals surface area contributed by atoms with Gasteiger partial charge in [-0.2, -0.15) is 0 Å². The van der Waals surface area contributed by atoms with Crippen LogP contribution >= 0.6 is 11.8 Å². The molecule has 0 atom stereocenters. The van der Waals surface area contributed by atoms with Gasteiger partial charge in [-0.15, -0.1) is 11.8 Å². The molecule has 0 saturated carbocycles. The number of carbonyl (C=O) groups is 2. The van der Waals surface area contributed by atoms with Crippen LogP contribution in [0.3, 0.4) is 0 Å². The van der Waals surface area contributed by atoms with E-state index in [-0.39, 0.29) is 12.5 Å². The smallest absolute Gasteiger partial charge is 0.331 e. The fourth-order valence-corrected chi connectivity index (χ4v) is 2.51. The Bertz CT molecular complexity index is 772. The zero-order chi connectivity index (χ0) is 18.8. The molecule has 0 aliphatic rings. The van der Waals surface area contributed by atoms with E-state index in [9.17, 15) is 9.59 Å². The first-order valence-electron chi connectivity index (χ1n) is 7.99. The maximum Gasteiger partial charge on any atom is 0.331 e. The summed E-state index contributed by atoms with van der Waals surface area (Å²) in [6, 6.07) is 15.2. The van der Waals surface area contributed by atoms with E-state index in [1.54, 1.807) is 24.9 Å². The SMILES string of the molecule is COc1cccc(CNC(=O)COC(=O)/C=C/c2ccc(SC)cc2)c1. The summed E-state index contributed by atoms with van der Waals surface area (Å²) < 4.78 is 10.1. The molecule has 0 aliphatic carbocycles. The first-order chi connectivity index (χ1) is 12.6. The summed E-state index contributed by atoms with van der Waals surface area (Å²) in [5, 5.41) is 2.69. The summed E-state index contributed by atoms with van der Waals surface area (Å²) in [5.41, 5.74) is 1.79. The first-order valence-corrected chi connectivity index (χ1v) is 9.21. The number of ether oxygens (including phenoxy) is 2. The van der Waals surface area contributed by atoms with Gasteiger partial charge in [0, 0.05) is 17.5 Å². The zero-order valence-corrected chi connectivity index (χ0v) is 15.5. The number of nitrogens with one attached hydrogen (secondary N) is 1. The predicted octanol–water partition coefficient (Wildman–Crippen LogP) is 3.29. The van der Waals surface area contributed by atoms with Crippen LogP contribution in [0.1, 0.15) is 11.1 Å². The van der Waals surface area contributed by atoms with E-state index in [1.165, 1.54) is 6.08 Å². The molecule has 0 heterocycles. The molecule has 1 amide bonds. The Kier molecular flexibility index (Phi) is 7.76. The summed E-state index contributed by atoms with van der Waals surface area (Å²) >= 11 is 1.65. The van der Waals surface area contributed by atoms with Gasteiger partial charge in [0.1, 0.15) is 5.75 Å². The highest BCUT2D eigenvalue weighted by Gasteiger charge is 2.05. The van der Waals surface area contributed by atoms with Crippen LogP contribution in [-0.2, 0) is 20.9 Å². The minimum atomic E-state index is -0.560. The molecule has 0 radical (unpaired) electrons. The van der Waals surface area contributed by atoms with Crippen molar-refractivity contribution in [2.75, 3.05) is 20.0 Å². The molecule has 26 heavy (non-hydrogen) atoms. The second kappa shape index (κ2) is 10.3. The maximum atomic E-state index is 11.8. The van der Waals surface area contributed by atoms with Gasteiger partial charge in [-0.3, -0.25) is 4.79 Å². The molecular formula is C20H21NO4S. The molecule has 0 spiro atoms. The number of esters is 1. The molecule has 6 heteroatoms. The molecule has 0 bridgehead atoms. The fourth-order valence-electron chi connectivity index (χ4n) is 2.10. The van der Waals surface area contributed by atoms with Crippen LogP contribution in [0.4, 0.5) is 0 Å². The number of rotatable bonds is 8. The zero-order valence-electron chi connectivity index (χ0n) is 14.7. The number of hydrogen-bond donors (Lipinski definition) is 1. The number of carbonyl (C=O) groups excluding carboxylic acids is 2. The highest BCUT2D eigenvalue weighted by atomic mass is 32.2. The summed E-state index contributed by atoms with van der Waals surface area (Å²) in [7, 11) is 1.59. The number of amides is 1. The van der Waals surface area contributed by atoms with Gasteiger partial charge in [-0.05, 0) is 47.7 Å². The van der Waals surface area contributed by atoms with Crippen molar-refractivity contribution >= 4 is 29.7 Å². The lowest BCUT2D eigenvalue weighted by atomic mass is 10.2. The molecule has 0 aromatic heterocycles. The van der Waals surface area contributed by atoms with Gasteiger partial charge in [-0.25, -0.2) is 4.79 Å². The Labute approximate surface area is 157 Å². The molecule has 2 rings (SSSR count). The molecule has 1 N–H and O–H groups in total. The second-order valence-electron chi connectivity index (χ2n) is 5.34. The molecular weight excluding hydrogens is 350 g/mol. The van der Waals surface area contributed by atoms with Gasteiger partial charge in [0.05, 0.1) is 7.11 Å². The number of hydrogen-bond acceptors (Lipinski definition) is 5. The van der Waals surface area contributed by atoms with Gasteiger partial charge >= 0.3 is 5.97 Å². The Balaban J connectivity index is 1.73. The third-order valence-electron chi connectivity index (χ3n) is 3.50. The van der Waals surface area contributed by atoms with Crippen molar-refractivity contribution in [3.05, 3.63) is 65.7 Å². The average molecular weight is 371 g/mol. The molecule has 0 saturated heterocycles. The Morgan fingerprint density at radius 1 is 1.15 bits per heavy atom. The van der Waals surface area contributed by atoms with Crippen molar-refractivity contribution in [1.29, 1.82) is 0 Å². The highest BCUT2D eigenvalue weighted by Crippen LogP contribution is 2.15. The second-order valence-corrected chi connectivity index (χ2v) is 6.22. The molecule has 0 aliphatic heterocycles. The molecule has 0 unspecified atom stereocenters. The third-order valence-corrected chi connectivity index (χ3v) is 4.24. The van der Waals surface area contributed by atoms with Gasteiger partial charge < -0.3 is 14.8 Å². The van der Waals surface area contributed by atoms with E-state index in [1.807, 2.05) is 54.8 Å². The molecule has 5 nitrogen and oxygen atoms in total. The van der Waals surface area contributed by atoms with Crippen molar-refractivity contribution in [3.63, 3.8) is 0 Å². The summed E-state index contributed by atoms with van der Waals surface area (Å²) in [5.74, 6) is -0.201. The topological polar surface area (TPSA) is 64.6 Å². The van der Waals surface area contributed by atoms with Gasteiger partial charge in [0.2, 0.25) is 0 Å². The number of methoxy groups -OCH3 is 1. The van der Waals surface area contributed by atoms with Crippen molar-refractivity contribution in [2.24, 2.45) is 0 Å². The van der Waals surface area contributed by atoms with Crippen LogP contribution in [0.25, 0.3) is 6.08 Å². The fraction of sp³-hybridized carbons (Fsp3) is 0.200. The van der Waals surface area contributed by atoms with E-state index in [4.69, 9.17) is 9.47 Å². The van der Waals surface area contributed by atoms with Crippen LogP contribution < -0.4 is 10.1 Å². The summed E-state index contributed by atoms with van der Waals surface area (Å²) in [4.78, 5) is 24.6. The van der Waals surface area contributed by atoms with Crippen LogP contribution in [0, 0.1) is 0 Å². The van der Waals surface area contributed by atoms with Crippen molar-refractivity contribution in [2.45, 2.75) is 11.4 Å². The lowest BCUT2D eigenvalue weighted by Crippen LogP contribution is -2.28. The van der Waals surface area contributed by atoms with Crippen LogP contribution in [0.15, 0.2) is 59.5 Å². The average Bonchev–Trinajstić information content (AvgIpc) is 2.69. The van der Waals surface area contributed by atoms with Gasteiger partial charge in [0.15, 0.2) is 6.61 Å². The Morgan fingerprint density at radius 2 is 1.92 bits per heavy atom. The van der Waals surface area contributed by atoms with E-state index in [0.29, 0.717) is 6.54 Å². The van der Waals surface area contributed by atoms with E-state index in [0.717, 1.165) is 21.8 Å². The Morgan fingerprint density at radius 3 is 2.62 bits per heavy atom. The standard InChI is InChI=1S/C20H21NO4S/c1-24-17-5-3-4-16(12-17)13-21-19(22)14-25-20(23)11-8-15-6-9-18(26-2)10-7-15/h3-12H,13-14H2,1-2H3,(H,21,22)/b11-8+. The Hall–Kier alpha value is -2.73. The first kappa shape index (κ1) is 19.6. The van der Waals surface area contributed by atoms with Crippen molar-refractivity contribution in [3.8, 4) is 5.75 Å². The van der Waals surface area contributed by atoms with Gasteiger partial charge in [0.25, 0.3) is 5.91 Å². The molecule has 136 valence electrons. The van der Waals surface area contributed by atoms with E-state index < -0.39 is 5.97 Å². The molecule has 2 aromatic carbocycles. The van der Waals surface area contributed by atoms with Crippen LogP contribution in [-0.4, -0.2) is 31.8 Å². The monoisotopic (exact) mass is 371 g/mol. The lowest BCUT2D eigenvalue weighted by Gasteiger charge is -2.07. The minimum absolute atomic E-state index is 0.321. The lowest BCUT2D eigenvalue weighted by molar-refractivity contribution is -0.143. The maximum absolute atomic E-state index is 11.8. The van der Waals surface area contributed by atoms with E-state index >= 15 is 0 Å². The molecule has 0 fully saturated rings. The summed E-state index contributed by atoms with van der Waals surface area (Å²) in [6.45, 7) is 0.0176. The largest absolute Gasteiger partial charge is 0.497 e. The minimum Gasteiger partial charge on any atom is -0.497 e. The predicted molar refractivity (Wildman–Crippen MR) is 103 cm³/mol. The van der Waals surface area contributed by atoms with Crippen LogP contribution in [0.2, 0.25) is 0 Å². The highest BCUT2D eigenvalue weighted by molar-refractivity contribution is 7.98. The van der Waals surface area contributed by atoms with E-state index in [2.05, 4.69) is 5.32 Å². The molecule has 2 aromatic rings. The van der Waals surface area contributed by atoms with Crippen molar-refractivity contribution in [1.82, 2.24) is 5.32 Å². The quantitative estimate of drug-likeness (QED) is 0.438. The van der Waals surface area contributed by atoms with Crippen LogP contribution in [0.5, 0.6) is 5.75 Å².